The van der Waals surface area contributed by atoms with E-state index in [1.807, 2.05) is 6.21 Å². The van der Waals surface area contributed by atoms with Crippen LogP contribution in [0.4, 0.5) is 0 Å². The lowest BCUT2D eigenvalue weighted by molar-refractivity contribution is 0.0599. The third-order valence-electron chi connectivity index (χ3n) is 3.63. The summed E-state index contributed by atoms with van der Waals surface area (Å²) in [6, 6.07) is 0. The zero-order valence-corrected chi connectivity index (χ0v) is 12.2. The quantitative estimate of drug-likeness (QED) is 0.748. The first-order chi connectivity index (χ1) is 8.08. The molecule has 0 unspecified atom stereocenters. The van der Waals surface area contributed by atoms with Crippen LogP contribution in [-0.4, -0.2) is 36.4 Å². The fraction of sp³-hybridized carbons (Fsp3) is 0.769. The predicted octanol–water partition coefficient (Wildman–Crippen LogP) is 3.16. The van der Waals surface area contributed by atoms with Crippen LogP contribution in [0.5, 0.6) is 0 Å². The number of rotatable bonds is 3. The summed E-state index contributed by atoms with van der Waals surface area (Å²) in [6.07, 6.45) is 7.80. The van der Waals surface area contributed by atoms with Gasteiger partial charge in [-0.05, 0) is 55.0 Å². The van der Waals surface area contributed by atoms with Gasteiger partial charge >= 0.3 is 0 Å². The second-order valence-electron chi connectivity index (χ2n) is 5.40. The Labute approximate surface area is 112 Å². The van der Waals surface area contributed by atoms with Crippen molar-refractivity contribution in [2.45, 2.75) is 38.6 Å². The van der Waals surface area contributed by atoms with Crippen molar-refractivity contribution in [3.8, 4) is 0 Å². The van der Waals surface area contributed by atoms with E-state index in [0.717, 1.165) is 30.3 Å². The smallest absolute Gasteiger partial charge is 0.121 e. The molecule has 0 aliphatic carbocycles. The molecule has 3 nitrogen and oxygen atoms in total. The molecule has 0 amide bonds. The highest BCUT2D eigenvalue weighted by molar-refractivity contribution is 9.11. The molecule has 0 atom stereocenters. The first kappa shape index (κ1) is 13.1. The first-order valence-corrected chi connectivity index (χ1v) is 7.14. The molecule has 0 aromatic rings. The average Bonchev–Trinajstić information content (AvgIpc) is 2.32. The van der Waals surface area contributed by atoms with Gasteiger partial charge in [-0.15, -0.1) is 0 Å². The van der Waals surface area contributed by atoms with E-state index in [2.05, 4.69) is 45.9 Å². The minimum atomic E-state index is 0.0302. The summed E-state index contributed by atoms with van der Waals surface area (Å²) in [5.41, 5.74) is 0.0302. The van der Waals surface area contributed by atoms with Crippen LogP contribution >= 0.6 is 15.9 Å². The van der Waals surface area contributed by atoms with Gasteiger partial charge in [-0.1, -0.05) is 0 Å². The van der Waals surface area contributed by atoms with E-state index in [1.165, 1.54) is 19.3 Å². The average molecular weight is 301 g/mol. The number of hydrogen-bond acceptors (Lipinski definition) is 3. The Kier molecular flexibility index (Phi) is 4.26. The first-order valence-electron chi connectivity index (χ1n) is 6.35. The van der Waals surface area contributed by atoms with E-state index >= 15 is 0 Å². The van der Waals surface area contributed by atoms with Crippen LogP contribution in [0.15, 0.2) is 15.8 Å². The van der Waals surface area contributed by atoms with Gasteiger partial charge in [0, 0.05) is 32.2 Å². The van der Waals surface area contributed by atoms with Gasteiger partial charge in [-0.3, -0.25) is 0 Å². The zero-order chi connectivity index (χ0) is 12.3. The van der Waals surface area contributed by atoms with E-state index in [1.54, 1.807) is 0 Å². The van der Waals surface area contributed by atoms with E-state index in [4.69, 9.17) is 4.74 Å². The number of aliphatic imine (C=N–C) groups is 1. The molecule has 0 saturated carbocycles. The van der Waals surface area contributed by atoms with Gasteiger partial charge in [0.25, 0.3) is 0 Å². The molecule has 0 spiro atoms. The van der Waals surface area contributed by atoms with Crippen molar-refractivity contribution in [3.05, 3.63) is 10.8 Å². The maximum absolute atomic E-state index is 5.40. The van der Waals surface area contributed by atoms with E-state index in [9.17, 15) is 0 Å². The molecule has 2 heterocycles. The van der Waals surface area contributed by atoms with Crippen LogP contribution < -0.4 is 0 Å². The second kappa shape index (κ2) is 5.53. The van der Waals surface area contributed by atoms with Crippen LogP contribution in [0.2, 0.25) is 0 Å². The van der Waals surface area contributed by atoms with E-state index in [0.29, 0.717) is 0 Å². The highest BCUT2D eigenvalue weighted by Crippen LogP contribution is 2.25. The van der Waals surface area contributed by atoms with Crippen LogP contribution in [0.3, 0.4) is 0 Å². The molecule has 1 saturated heterocycles. The van der Waals surface area contributed by atoms with Crippen LogP contribution in [0, 0.1) is 5.92 Å². The summed E-state index contributed by atoms with van der Waals surface area (Å²) in [4.78, 5) is 6.69. The molecule has 0 bridgehead atoms. The Morgan fingerprint density at radius 3 is 2.88 bits per heavy atom. The molecule has 17 heavy (non-hydrogen) atoms. The minimum absolute atomic E-state index is 0.0302. The molecule has 0 radical (unpaired) electrons. The number of nitrogens with zero attached hydrogens (tertiary/aromatic N) is 2. The number of hydrogen-bond donors (Lipinski definition) is 0. The summed E-state index contributed by atoms with van der Waals surface area (Å²) in [5, 5.41) is 0. The van der Waals surface area contributed by atoms with Crippen LogP contribution in [-0.2, 0) is 4.74 Å². The number of halogens is 1. The monoisotopic (exact) mass is 300 g/mol. The zero-order valence-electron chi connectivity index (χ0n) is 10.7. The van der Waals surface area contributed by atoms with Gasteiger partial charge in [-0.25, -0.2) is 4.99 Å². The lowest BCUT2D eigenvalue weighted by Gasteiger charge is -2.38. The minimum Gasteiger partial charge on any atom is -0.381 e. The molecule has 0 aromatic heterocycles. The Morgan fingerprint density at radius 1 is 1.47 bits per heavy atom. The van der Waals surface area contributed by atoms with Crippen molar-refractivity contribution in [2.75, 3.05) is 19.8 Å². The summed E-state index contributed by atoms with van der Waals surface area (Å²) >= 11 is 3.45. The molecular weight excluding hydrogens is 280 g/mol. The number of ether oxygens (including phenoxy) is 1. The fourth-order valence-electron chi connectivity index (χ4n) is 2.33. The standard InChI is InChI=1S/C13H21BrN2O/c1-13(2)10-15-12(14)9-16(13)6-3-11-4-7-17-8-5-11/h9-11H,3-8H2,1-2H3. The summed E-state index contributed by atoms with van der Waals surface area (Å²) in [5.74, 6) is 0.825. The SMILES string of the molecule is CC1(C)C=NC(Br)=CN1CCC1CCOCC1. The largest absolute Gasteiger partial charge is 0.381 e. The normalized spacial score (nSPS) is 24.9. The van der Waals surface area contributed by atoms with Crippen molar-refractivity contribution in [1.82, 2.24) is 4.90 Å². The molecule has 2 aliphatic rings. The highest BCUT2D eigenvalue weighted by atomic mass is 79.9. The van der Waals surface area contributed by atoms with Crippen molar-refractivity contribution >= 4 is 22.1 Å². The Balaban J connectivity index is 1.87. The van der Waals surface area contributed by atoms with E-state index < -0.39 is 0 Å². The molecule has 4 heteroatoms. The molecule has 2 rings (SSSR count). The van der Waals surface area contributed by atoms with Crippen molar-refractivity contribution < 1.29 is 4.74 Å². The van der Waals surface area contributed by atoms with Crippen molar-refractivity contribution in [1.29, 1.82) is 0 Å². The van der Waals surface area contributed by atoms with Crippen molar-refractivity contribution in [2.24, 2.45) is 10.9 Å². The lowest BCUT2D eigenvalue weighted by atomic mass is 9.95. The topological polar surface area (TPSA) is 24.8 Å². The molecule has 2 aliphatic heterocycles. The van der Waals surface area contributed by atoms with Gasteiger partial charge in [0.15, 0.2) is 0 Å². The Hall–Kier alpha value is -0.350. The molecule has 0 aromatic carbocycles. The second-order valence-corrected chi connectivity index (χ2v) is 6.21. The fourth-order valence-corrected chi connectivity index (χ4v) is 2.68. The molecule has 1 fully saturated rings. The third kappa shape index (κ3) is 3.55. The molecule has 0 N–H and O–H groups in total. The Bertz CT molecular complexity index is 319. The predicted molar refractivity (Wildman–Crippen MR) is 74.4 cm³/mol. The van der Waals surface area contributed by atoms with Gasteiger partial charge in [0.05, 0.1) is 5.54 Å². The van der Waals surface area contributed by atoms with Gasteiger partial charge in [0.1, 0.15) is 4.61 Å². The molecule has 96 valence electrons. The van der Waals surface area contributed by atoms with Gasteiger partial charge in [0.2, 0.25) is 0 Å². The summed E-state index contributed by atoms with van der Waals surface area (Å²) in [6.45, 7) is 7.38. The van der Waals surface area contributed by atoms with Crippen LogP contribution in [0.25, 0.3) is 0 Å². The summed E-state index contributed by atoms with van der Waals surface area (Å²) < 4.78 is 6.32. The third-order valence-corrected chi connectivity index (χ3v) is 4.04. The van der Waals surface area contributed by atoms with Crippen LogP contribution in [0.1, 0.15) is 33.1 Å². The van der Waals surface area contributed by atoms with Crippen molar-refractivity contribution in [3.63, 3.8) is 0 Å². The lowest BCUT2D eigenvalue weighted by Crippen LogP contribution is -2.44. The van der Waals surface area contributed by atoms with Gasteiger partial charge in [-0.2, -0.15) is 0 Å². The maximum atomic E-state index is 5.40. The van der Waals surface area contributed by atoms with Gasteiger partial charge < -0.3 is 9.64 Å². The molecular formula is C13H21BrN2O. The summed E-state index contributed by atoms with van der Waals surface area (Å²) in [7, 11) is 0. The van der Waals surface area contributed by atoms with E-state index in [-0.39, 0.29) is 5.54 Å². The highest BCUT2D eigenvalue weighted by Gasteiger charge is 2.26. The maximum Gasteiger partial charge on any atom is 0.121 e. The Morgan fingerprint density at radius 2 is 2.18 bits per heavy atom.